The number of nitrogens with zero attached hydrogens (tertiary/aromatic N) is 4. The van der Waals surface area contributed by atoms with E-state index in [1.54, 1.807) is 11.3 Å². The standard InChI is InChI=1S/C24H36N6O2S/c1-7-9-16-20-17(10-11-25-16)33-22(28-20)19-14(3)26-23(30-24(4,5)6)29-21(19)27-18(32)12-15(8-2)13-31/h10-11,15,18,31-32H,7-9,12-13H2,1-6H3,(H2,26,27,29,30). The summed E-state index contributed by atoms with van der Waals surface area (Å²) in [5.74, 6) is 1.02. The number of fused-ring (bicyclic) bond motifs is 1. The van der Waals surface area contributed by atoms with E-state index in [0.717, 1.165) is 51.4 Å². The van der Waals surface area contributed by atoms with Crippen molar-refractivity contribution in [3.63, 3.8) is 0 Å². The van der Waals surface area contributed by atoms with E-state index in [1.807, 2.05) is 46.9 Å². The fraction of sp³-hybridized carbons (Fsp3) is 0.583. The first-order valence-electron chi connectivity index (χ1n) is 11.6. The van der Waals surface area contributed by atoms with Gasteiger partial charge in [-0.25, -0.2) is 9.97 Å². The second-order valence-corrected chi connectivity index (χ2v) is 10.5. The van der Waals surface area contributed by atoms with Gasteiger partial charge in [-0.2, -0.15) is 4.98 Å². The molecule has 9 heteroatoms. The number of thiazole rings is 1. The van der Waals surface area contributed by atoms with Crippen LogP contribution in [0.2, 0.25) is 0 Å². The van der Waals surface area contributed by atoms with Crippen molar-refractivity contribution < 1.29 is 10.2 Å². The molecule has 0 bridgehead atoms. The van der Waals surface area contributed by atoms with Crippen molar-refractivity contribution >= 4 is 33.3 Å². The van der Waals surface area contributed by atoms with E-state index in [1.165, 1.54) is 0 Å². The van der Waals surface area contributed by atoms with Crippen LogP contribution in [-0.2, 0) is 6.42 Å². The molecule has 0 radical (unpaired) electrons. The number of aryl methyl sites for hydroxylation is 2. The molecule has 8 nitrogen and oxygen atoms in total. The molecule has 0 saturated heterocycles. The van der Waals surface area contributed by atoms with E-state index in [-0.39, 0.29) is 18.1 Å². The number of aliphatic hydroxyl groups excluding tert-OH is 2. The highest BCUT2D eigenvalue weighted by atomic mass is 32.1. The van der Waals surface area contributed by atoms with Crippen LogP contribution >= 0.6 is 11.3 Å². The Balaban J connectivity index is 2.07. The monoisotopic (exact) mass is 472 g/mol. The van der Waals surface area contributed by atoms with Gasteiger partial charge >= 0.3 is 0 Å². The normalized spacial score (nSPS) is 13.8. The Hall–Kier alpha value is -2.36. The zero-order chi connectivity index (χ0) is 24.2. The first-order valence-corrected chi connectivity index (χ1v) is 12.4. The minimum absolute atomic E-state index is 0.0104. The fourth-order valence-electron chi connectivity index (χ4n) is 3.66. The molecule has 3 heterocycles. The molecule has 0 fully saturated rings. The van der Waals surface area contributed by atoms with E-state index in [0.29, 0.717) is 18.2 Å². The molecule has 3 aromatic heterocycles. The SMILES string of the molecule is CCCc1nccc2sc(-c3c(C)nc(NC(C)(C)C)nc3NC(O)CC(CC)CO)nc12. The molecule has 0 spiro atoms. The Bertz CT molecular complexity index is 1070. The lowest BCUT2D eigenvalue weighted by atomic mass is 10.0. The van der Waals surface area contributed by atoms with Crippen LogP contribution < -0.4 is 10.6 Å². The second kappa shape index (κ2) is 10.7. The lowest BCUT2D eigenvalue weighted by molar-refractivity contribution is 0.132. The summed E-state index contributed by atoms with van der Waals surface area (Å²) in [6.07, 6.45) is 4.04. The van der Waals surface area contributed by atoms with E-state index >= 15 is 0 Å². The molecule has 0 amide bonds. The molecule has 3 aromatic rings. The van der Waals surface area contributed by atoms with E-state index in [9.17, 15) is 10.2 Å². The number of aliphatic hydroxyl groups is 2. The van der Waals surface area contributed by atoms with Gasteiger partial charge in [0.25, 0.3) is 0 Å². The minimum atomic E-state index is -0.857. The molecule has 180 valence electrons. The van der Waals surface area contributed by atoms with Crippen molar-refractivity contribution in [3.05, 3.63) is 23.7 Å². The topological polar surface area (TPSA) is 116 Å². The lowest BCUT2D eigenvalue weighted by Gasteiger charge is -2.23. The second-order valence-electron chi connectivity index (χ2n) is 9.46. The van der Waals surface area contributed by atoms with Gasteiger partial charge in [-0.1, -0.05) is 26.7 Å². The van der Waals surface area contributed by atoms with E-state index in [4.69, 9.17) is 15.0 Å². The summed E-state index contributed by atoms with van der Waals surface area (Å²) in [6.45, 7) is 12.2. The summed E-state index contributed by atoms with van der Waals surface area (Å²) < 4.78 is 1.07. The van der Waals surface area contributed by atoms with Crippen molar-refractivity contribution in [2.45, 2.75) is 79.0 Å². The first-order chi connectivity index (χ1) is 15.6. The predicted octanol–water partition coefficient (Wildman–Crippen LogP) is 4.76. The van der Waals surface area contributed by atoms with E-state index < -0.39 is 6.23 Å². The number of hydrogen-bond acceptors (Lipinski definition) is 9. The third kappa shape index (κ3) is 6.37. The number of nitrogens with one attached hydrogen (secondary N) is 2. The smallest absolute Gasteiger partial charge is 0.225 e. The van der Waals surface area contributed by atoms with Crippen molar-refractivity contribution in [2.75, 3.05) is 17.2 Å². The molecule has 0 saturated carbocycles. The molecular formula is C24H36N6O2S. The van der Waals surface area contributed by atoms with Crippen molar-refractivity contribution in [3.8, 4) is 10.6 Å². The molecule has 0 aliphatic heterocycles. The van der Waals surface area contributed by atoms with Crippen LogP contribution in [0.15, 0.2) is 12.3 Å². The highest BCUT2D eigenvalue weighted by Crippen LogP contribution is 2.37. The van der Waals surface area contributed by atoms with Gasteiger partial charge in [-0.15, -0.1) is 11.3 Å². The number of hydrogen-bond donors (Lipinski definition) is 4. The largest absolute Gasteiger partial charge is 0.396 e. The number of pyridine rings is 1. The van der Waals surface area contributed by atoms with Crippen LogP contribution in [-0.4, -0.2) is 48.5 Å². The Labute approximate surface area is 199 Å². The number of anilines is 2. The molecule has 3 rings (SSSR count). The maximum atomic E-state index is 10.7. The van der Waals surface area contributed by atoms with Crippen molar-refractivity contribution in [1.82, 2.24) is 19.9 Å². The van der Waals surface area contributed by atoms with Gasteiger partial charge in [0.05, 0.1) is 21.7 Å². The maximum Gasteiger partial charge on any atom is 0.225 e. The van der Waals surface area contributed by atoms with Gasteiger partial charge in [-0.3, -0.25) is 4.98 Å². The van der Waals surface area contributed by atoms with Gasteiger partial charge in [0.15, 0.2) is 0 Å². The maximum absolute atomic E-state index is 10.7. The summed E-state index contributed by atoms with van der Waals surface area (Å²) in [5.41, 5.74) is 3.22. The van der Waals surface area contributed by atoms with Crippen LogP contribution in [0, 0.1) is 12.8 Å². The summed E-state index contributed by atoms with van der Waals surface area (Å²) in [6, 6.07) is 1.98. The minimum Gasteiger partial charge on any atom is -0.396 e. The van der Waals surface area contributed by atoms with Gasteiger partial charge in [0.1, 0.15) is 22.6 Å². The Morgan fingerprint density at radius 2 is 1.91 bits per heavy atom. The van der Waals surface area contributed by atoms with Gasteiger partial charge in [0, 0.05) is 18.3 Å². The molecule has 0 aliphatic rings. The average Bonchev–Trinajstić information content (AvgIpc) is 3.15. The highest BCUT2D eigenvalue weighted by Gasteiger charge is 2.23. The lowest BCUT2D eigenvalue weighted by Crippen LogP contribution is -2.29. The van der Waals surface area contributed by atoms with Crippen LogP contribution in [0.1, 0.15) is 65.3 Å². The fourth-order valence-corrected chi connectivity index (χ4v) is 4.74. The van der Waals surface area contributed by atoms with Crippen molar-refractivity contribution in [1.29, 1.82) is 0 Å². The zero-order valence-corrected chi connectivity index (χ0v) is 21.3. The summed E-state index contributed by atoms with van der Waals surface area (Å²) in [4.78, 5) is 18.9. The Kier molecular flexibility index (Phi) is 8.20. The molecule has 4 N–H and O–H groups in total. The third-order valence-corrected chi connectivity index (χ3v) is 6.39. The summed E-state index contributed by atoms with van der Waals surface area (Å²) in [5, 5.41) is 27.6. The molecule has 0 aliphatic carbocycles. The van der Waals surface area contributed by atoms with E-state index in [2.05, 4.69) is 22.5 Å². The third-order valence-electron chi connectivity index (χ3n) is 5.36. The summed E-state index contributed by atoms with van der Waals surface area (Å²) >= 11 is 1.57. The van der Waals surface area contributed by atoms with Crippen LogP contribution in [0.4, 0.5) is 11.8 Å². The molecular weight excluding hydrogens is 436 g/mol. The van der Waals surface area contributed by atoms with Gasteiger partial charge in [0.2, 0.25) is 5.95 Å². The quantitative estimate of drug-likeness (QED) is 0.312. The first kappa shape index (κ1) is 25.3. The Morgan fingerprint density at radius 1 is 1.15 bits per heavy atom. The predicted molar refractivity (Wildman–Crippen MR) is 136 cm³/mol. The van der Waals surface area contributed by atoms with Crippen LogP contribution in [0.5, 0.6) is 0 Å². The number of rotatable bonds is 10. The van der Waals surface area contributed by atoms with Crippen LogP contribution in [0.3, 0.4) is 0 Å². The van der Waals surface area contributed by atoms with Gasteiger partial charge in [-0.05, 0) is 52.5 Å². The average molecular weight is 473 g/mol. The highest BCUT2D eigenvalue weighted by molar-refractivity contribution is 7.21. The molecule has 33 heavy (non-hydrogen) atoms. The molecule has 2 unspecified atom stereocenters. The van der Waals surface area contributed by atoms with Crippen LogP contribution in [0.25, 0.3) is 20.8 Å². The van der Waals surface area contributed by atoms with Gasteiger partial charge < -0.3 is 20.8 Å². The zero-order valence-electron chi connectivity index (χ0n) is 20.4. The molecule has 0 aromatic carbocycles. The Morgan fingerprint density at radius 3 is 2.55 bits per heavy atom. The van der Waals surface area contributed by atoms with Crippen molar-refractivity contribution in [2.24, 2.45) is 5.92 Å². The summed E-state index contributed by atoms with van der Waals surface area (Å²) in [7, 11) is 0. The molecule has 2 atom stereocenters. The number of aromatic nitrogens is 4.